The number of aryl methyl sites for hydroxylation is 1. The molecule has 1 aliphatic heterocycles. The third kappa shape index (κ3) is 2.85. The van der Waals surface area contributed by atoms with Crippen molar-refractivity contribution >= 4 is 23.6 Å². The summed E-state index contributed by atoms with van der Waals surface area (Å²) in [5, 5.41) is 9.04. The number of carboxylic acid groups (broad SMARTS) is 1. The maximum absolute atomic E-state index is 12.1. The SMILES string of the molecule is Cc1cccc(CC(=O)N2CSCC2C(=O)O)c1. The van der Waals surface area contributed by atoms with Gasteiger partial charge in [-0.05, 0) is 12.5 Å². The summed E-state index contributed by atoms with van der Waals surface area (Å²) in [5.74, 6) is -0.0770. The Hall–Kier alpha value is -1.49. The van der Waals surface area contributed by atoms with Crippen molar-refractivity contribution in [3.63, 3.8) is 0 Å². The van der Waals surface area contributed by atoms with Gasteiger partial charge in [0.05, 0.1) is 12.3 Å². The van der Waals surface area contributed by atoms with Gasteiger partial charge in [-0.15, -0.1) is 11.8 Å². The number of nitrogens with zero attached hydrogens (tertiary/aromatic N) is 1. The van der Waals surface area contributed by atoms with Gasteiger partial charge < -0.3 is 10.0 Å². The lowest BCUT2D eigenvalue weighted by atomic mass is 10.1. The van der Waals surface area contributed by atoms with E-state index in [1.807, 2.05) is 31.2 Å². The molecule has 1 saturated heterocycles. The third-order valence-corrected chi connectivity index (χ3v) is 3.94. The topological polar surface area (TPSA) is 57.6 Å². The molecular formula is C13H15NO3S. The molecule has 1 fully saturated rings. The zero-order valence-corrected chi connectivity index (χ0v) is 10.9. The summed E-state index contributed by atoms with van der Waals surface area (Å²) in [5.41, 5.74) is 2.03. The summed E-state index contributed by atoms with van der Waals surface area (Å²) in [6.07, 6.45) is 0.270. The Morgan fingerprint density at radius 2 is 2.28 bits per heavy atom. The molecule has 0 spiro atoms. The normalized spacial score (nSPS) is 18.9. The van der Waals surface area contributed by atoms with E-state index in [2.05, 4.69) is 0 Å². The molecule has 0 radical (unpaired) electrons. The lowest BCUT2D eigenvalue weighted by molar-refractivity contribution is -0.147. The molecule has 18 heavy (non-hydrogen) atoms. The summed E-state index contributed by atoms with van der Waals surface area (Å²) in [7, 11) is 0. The zero-order chi connectivity index (χ0) is 13.1. The van der Waals surface area contributed by atoms with E-state index in [1.54, 1.807) is 0 Å². The van der Waals surface area contributed by atoms with Crippen LogP contribution in [0.1, 0.15) is 11.1 Å². The van der Waals surface area contributed by atoms with Gasteiger partial charge in [0.25, 0.3) is 0 Å². The largest absolute Gasteiger partial charge is 0.480 e. The molecule has 0 aromatic heterocycles. The Balaban J connectivity index is 2.06. The maximum atomic E-state index is 12.1. The molecule has 2 rings (SSSR count). The van der Waals surface area contributed by atoms with Crippen LogP contribution in [0.4, 0.5) is 0 Å². The predicted molar refractivity (Wildman–Crippen MR) is 70.5 cm³/mol. The summed E-state index contributed by atoms with van der Waals surface area (Å²) in [6, 6.07) is 7.05. The molecule has 1 aliphatic rings. The third-order valence-electron chi connectivity index (χ3n) is 2.93. The highest BCUT2D eigenvalue weighted by Gasteiger charge is 2.34. The summed E-state index contributed by atoms with van der Waals surface area (Å²) in [6.45, 7) is 1.97. The fraction of sp³-hybridized carbons (Fsp3) is 0.385. The van der Waals surface area contributed by atoms with Crippen molar-refractivity contribution < 1.29 is 14.7 Å². The van der Waals surface area contributed by atoms with Gasteiger partial charge >= 0.3 is 5.97 Å². The number of rotatable bonds is 3. The first-order valence-electron chi connectivity index (χ1n) is 5.73. The Morgan fingerprint density at radius 1 is 1.50 bits per heavy atom. The molecule has 1 aromatic rings. The van der Waals surface area contributed by atoms with Crippen molar-refractivity contribution in [2.75, 3.05) is 11.6 Å². The number of aliphatic carboxylic acids is 1. The Kier molecular flexibility index (Phi) is 3.91. The number of benzene rings is 1. The molecule has 96 valence electrons. The number of carbonyl (C=O) groups excluding carboxylic acids is 1. The number of hydrogen-bond acceptors (Lipinski definition) is 3. The summed E-state index contributed by atoms with van der Waals surface area (Å²) in [4.78, 5) is 24.6. The van der Waals surface area contributed by atoms with Gasteiger partial charge in [-0.1, -0.05) is 29.8 Å². The van der Waals surface area contributed by atoms with Gasteiger partial charge in [0, 0.05) is 5.75 Å². The second-order valence-electron chi connectivity index (χ2n) is 4.38. The highest BCUT2D eigenvalue weighted by atomic mass is 32.2. The summed E-state index contributed by atoms with van der Waals surface area (Å²) >= 11 is 1.48. The molecule has 1 heterocycles. The van der Waals surface area contributed by atoms with Crippen LogP contribution in [-0.4, -0.2) is 39.6 Å². The van der Waals surface area contributed by atoms with Gasteiger partial charge in [-0.25, -0.2) is 4.79 Å². The minimum Gasteiger partial charge on any atom is -0.480 e. The monoisotopic (exact) mass is 265 g/mol. The van der Waals surface area contributed by atoms with Crippen LogP contribution in [-0.2, 0) is 16.0 Å². The van der Waals surface area contributed by atoms with E-state index in [1.165, 1.54) is 16.7 Å². The van der Waals surface area contributed by atoms with Crippen LogP contribution in [0.25, 0.3) is 0 Å². The minimum absolute atomic E-state index is 0.113. The average molecular weight is 265 g/mol. The van der Waals surface area contributed by atoms with Crippen molar-refractivity contribution in [2.45, 2.75) is 19.4 Å². The van der Waals surface area contributed by atoms with Crippen LogP contribution < -0.4 is 0 Å². The molecular weight excluding hydrogens is 250 g/mol. The quantitative estimate of drug-likeness (QED) is 0.900. The molecule has 0 saturated carbocycles. The van der Waals surface area contributed by atoms with Crippen molar-refractivity contribution in [2.24, 2.45) is 0 Å². The van der Waals surface area contributed by atoms with Crippen LogP contribution in [0.3, 0.4) is 0 Å². The maximum Gasteiger partial charge on any atom is 0.327 e. The first kappa shape index (κ1) is 13.0. The van der Waals surface area contributed by atoms with Crippen LogP contribution in [0, 0.1) is 6.92 Å². The molecule has 1 amide bonds. The fourth-order valence-electron chi connectivity index (χ4n) is 1.99. The van der Waals surface area contributed by atoms with E-state index >= 15 is 0 Å². The highest BCUT2D eigenvalue weighted by Crippen LogP contribution is 2.22. The van der Waals surface area contributed by atoms with Crippen LogP contribution >= 0.6 is 11.8 Å². The Morgan fingerprint density at radius 3 is 2.94 bits per heavy atom. The van der Waals surface area contributed by atoms with Crippen LogP contribution in [0.15, 0.2) is 24.3 Å². The first-order valence-corrected chi connectivity index (χ1v) is 6.89. The Bertz CT molecular complexity index is 475. The summed E-state index contributed by atoms with van der Waals surface area (Å²) < 4.78 is 0. The highest BCUT2D eigenvalue weighted by molar-refractivity contribution is 7.99. The average Bonchev–Trinajstić information content (AvgIpc) is 2.77. The lowest BCUT2D eigenvalue weighted by Gasteiger charge is -2.20. The molecule has 0 aliphatic carbocycles. The number of hydrogen-bond donors (Lipinski definition) is 1. The van der Waals surface area contributed by atoms with Gasteiger partial charge in [0.2, 0.25) is 5.91 Å². The van der Waals surface area contributed by atoms with Crippen molar-refractivity contribution in [1.82, 2.24) is 4.90 Å². The van der Waals surface area contributed by atoms with E-state index < -0.39 is 12.0 Å². The second kappa shape index (κ2) is 5.44. The second-order valence-corrected chi connectivity index (χ2v) is 5.38. The van der Waals surface area contributed by atoms with Crippen molar-refractivity contribution in [3.05, 3.63) is 35.4 Å². The number of carbonyl (C=O) groups is 2. The molecule has 0 bridgehead atoms. The molecule has 1 N–H and O–H groups in total. The van der Waals surface area contributed by atoms with E-state index in [-0.39, 0.29) is 12.3 Å². The van der Waals surface area contributed by atoms with Gasteiger partial charge in [0.1, 0.15) is 6.04 Å². The fourth-order valence-corrected chi connectivity index (χ4v) is 3.16. The van der Waals surface area contributed by atoms with E-state index in [0.29, 0.717) is 11.6 Å². The number of carboxylic acids is 1. The van der Waals surface area contributed by atoms with Crippen LogP contribution in [0.5, 0.6) is 0 Å². The molecule has 5 heteroatoms. The first-order chi connectivity index (χ1) is 8.58. The van der Waals surface area contributed by atoms with Crippen LogP contribution in [0.2, 0.25) is 0 Å². The number of thioether (sulfide) groups is 1. The molecule has 1 aromatic carbocycles. The molecule has 4 nitrogen and oxygen atoms in total. The number of amides is 1. The molecule has 1 unspecified atom stereocenters. The van der Waals surface area contributed by atoms with Gasteiger partial charge in [-0.3, -0.25) is 4.79 Å². The Labute approximate surface area is 110 Å². The predicted octanol–water partition coefficient (Wildman–Crippen LogP) is 1.52. The lowest BCUT2D eigenvalue weighted by Crippen LogP contribution is -2.42. The molecule has 1 atom stereocenters. The van der Waals surface area contributed by atoms with E-state index in [9.17, 15) is 9.59 Å². The zero-order valence-electron chi connectivity index (χ0n) is 10.1. The van der Waals surface area contributed by atoms with Crippen molar-refractivity contribution in [3.8, 4) is 0 Å². The van der Waals surface area contributed by atoms with Gasteiger partial charge in [0.15, 0.2) is 0 Å². The van der Waals surface area contributed by atoms with E-state index in [4.69, 9.17) is 5.11 Å². The minimum atomic E-state index is -0.919. The van der Waals surface area contributed by atoms with E-state index in [0.717, 1.165) is 11.1 Å². The van der Waals surface area contributed by atoms with Crippen molar-refractivity contribution in [1.29, 1.82) is 0 Å². The smallest absolute Gasteiger partial charge is 0.327 e. The van der Waals surface area contributed by atoms with Gasteiger partial charge in [-0.2, -0.15) is 0 Å². The standard InChI is InChI=1S/C13H15NO3S/c1-9-3-2-4-10(5-9)6-12(15)14-8-18-7-11(14)13(16)17/h2-5,11H,6-8H2,1H3,(H,16,17).